The molecule has 0 aliphatic rings. The number of rotatable bonds is 4. The molecule has 1 aromatic carbocycles. The van der Waals surface area contributed by atoms with Crippen molar-refractivity contribution in [3.63, 3.8) is 0 Å². The van der Waals surface area contributed by atoms with E-state index in [0.29, 0.717) is 17.0 Å². The smallest absolute Gasteiger partial charge is 0.347 e. The number of thiazole rings is 1. The van der Waals surface area contributed by atoms with Gasteiger partial charge in [0.2, 0.25) is 0 Å². The van der Waals surface area contributed by atoms with E-state index in [2.05, 4.69) is 4.98 Å². The largest absolute Gasteiger partial charge is 0.497 e. The number of carbonyl (C=O) groups is 1. The van der Waals surface area contributed by atoms with Crippen LogP contribution in [0.4, 0.5) is 0 Å². The van der Waals surface area contributed by atoms with Gasteiger partial charge in [-0.05, 0) is 17.7 Å². The Morgan fingerprint density at radius 3 is 3.06 bits per heavy atom. The van der Waals surface area contributed by atoms with Gasteiger partial charge in [0.1, 0.15) is 10.6 Å². The van der Waals surface area contributed by atoms with Gasteiger partial charge >= 0.3 is 5.97 Å². The Hall–Kier alpha value is -1.88. The van der Waals surface area contributed by atoms with Crippen molar-refractivity contribution in [1.29, 1.82) is 0 Å². The Morgan fingerprint density at radius 2 is 2.35 bits per heavy atom. The summed E-state index contributed by atoms with van der Waals surface area (Å²) in [4.78, 5) is 15.3. The van der Waals surface area contributed by atoms with Gasteiger partial charge in [0.05, 0.1) is 18.3 Å². The monoisotopic (exact) mass is 249 g/mol. The summed E-state index contributed by atoms with van der Waals surface area (Å²) in [5.74, 6) is -0.167. The highest BCUT2D eigenvalue weighted by molar-refractivity contribution is 7.11. The van der Waals surface area contributed by atoms with Crippen molar-refractivity contribution in [2.24, 2.45) is 0 Å². The number of ether oxygens (including phenoxy) is 1. The number of nitrogens with zero attached hydrogens (tertiary/aromatic N) is 1. The van der Waals surface area contributed by atoms with E-state index in [0.717, 1.165) is 22.6 Å². The van der Waals surface area contributed by atoms with Crippen LogP contribution in [-0.2, 0) is 6.42 Å². The number of hydrogen-bond acceptors (Lipinski definition) is 4. The van der Waals surface area contributed by atoms with E-state index in [4.69, 9.17) is 9.84 Å². The number of methoxy groups -OCH3 is 1. The lowest BCUT2D eigenvalue weighted by Crippen LogP contribution is -2.00. The molecule has 0 bridgehead atoms. The van der Waals surface area contributed by atoms with E-state index >= 15 is 0 Å². The van der Waals surface area contributed by atoms with E-state index in [9.17, 15) is 4.79 Å². The SMILES string of the molecule is COc1cccc(Cc2ncsc2C(=O)O)c1. The summed E-state index contributed by atoms with van der Waals surface area (Å²) in [5, 5.41) is 8.98. The standard InChI is InChI=1S/C12H11NO3S/c1-16-9-4-2-3-8(5-9)6-10-11(12(14)15)17-7-13-10/h2-5,7H,6H2,1H3,(H,14,15). The van der Waals surface area contributed by atoms with Gasteiger partial charge < -0.3 is 9.84 Å². The van der Waals surface area contributed by atoms with Crippen molar-refractivity contribution in [3.05, 3.63) is 45.9 Å². The highest BCUT2D eigenvalue weighted by Crippen LogP contribution is 2.19. The molecule has 0 aliphatic heterocycles. The third kappa shape index (κ3) is 2.62. The molecule has 0 atom stereocenters. The van der Waals surface area contributed by atoms with Gasteiger partial charge in [-0.25, -0.2) is 9.78 Å². The first-order valence-electron chi connectivity index (χ1n) is 4.99. The topological polar surface area (TPSA) is 59.4 Å². The van der Waals surface area contributed by atoms with E-state index in [1.54, 1.807) is 12.6 Å². The Labute approximate surface area is 103 Å². The van der Waals surface area contributed by atoms with Crippen molar-refractivity contribution in [2.75, 3.05) is 7.11 Å². The quantitative estimate of drug-likeness (QED) is 0.904. The molecule has 2 aromatic rings. The van der Waals surface area contributed by atoms with Crippen molar-refractivity contribution in [2.45, 2.75) is 6.42 Å². The molecule has 17 heavy (non-hydrogen) atoms. The predicted octanol–water partition coefficient (Wildman–Crippen LogP) is 2.44. The van der Waals surface area contributed by atoms with Crippen LogP contribution in [0.25, 0.3) is 0 Å². The molecule has 0 spiro atoms. The summed E-state index contributed by atoms with van der Waals surface area (Å²) in [6.45, 7) is 0. The fourth-order valence-corrected chi connectivity index (χ4v) is 2.19. The fraction of sp³-hybridized carbons (Fsp3) is 0.167. The van der Waals surface area contributed by atoms with Gasteiger partial charge in [0, 0.05) is 6.42 Å². The summed E-state index contributed by atoms with van der Waals surface area (Å²) >= 11 is 1.14. The maximum Gasteiger partial charge on any atom is 0.347 e. The molecule has 1 heterocycles. The molecule has 0 aliphatic carbocycles. The predicted molar refractivity (Wildman–Crippen MR) is 64.9 cm³/mol. The fourth-order valence-electron chi connectivity index (χ4n) is 1.54. The number of hydrogen-bond donors (Lipinski definition) is 1. The maximum atomic E-state index is 10.9. The highest BCUT2D eigenvalue weighted by atomic mass is 32.1. The van der Waals surface area contributed by atoms with Crippen LogP contribution >= 0.6 is 11.3 Å². The van der Waals surface area contributed by atoms with Crippen LogP contribution in [0.15, 0.2) is 29.8 Å². The van der Waals surface area contributed by atoms with E-state index in [1.165, 1.54) is 0 Å². The van der Waals surface area contributed by atoms with Crippen LogP contribution in [-0.4, -0.2) is 23.2 Å². The van der Waals surface area contributed by atoms with Crippen molar-refractivity contribution < 1.29 is 14.6 Å². The Morgan fingerprint density at radius 1 is 1.53 bits per heavy atom. The Bertz CT molecular complexity index is 536. The number of aromatic nitrogens is 1. The van der Waals surface area contributed by atoms with Gasteiger partial charge in [0.15, 0.2) is 0 Å². The molecule has 88 valence electrons. The van der Waals surface area contributed by atoms with Crippen LogP contribution < -0.4 is 4.74 Å². The zero-order valence-electron chi connectivity index (χ0n) is 9.21. The van der Waals surface area contributed by atoms with Crippen molar-refractivity contribution in [1.82, 2.24) is 4.98 Å². The molecule has 0 fully saturated rings. The lowest BCUT2D eigenvalue weighted by Gasteiger charge is -2.03. The van der Waals surface area contributed by atoms with Gasteiger partial charge in [-0.15, -0.1) is 11.3 Å². The molecule has 4 nitrogen and oxygen atoms in total. The van der Waals surface area contributed by atoms with Crippen molar-refractivity contribution in [3.8, 4) is 5.75 Å². The summed E-state index contributed by atoms with van der Waals surface area (Å²) in [6.07, 6.45) is 0.502. The lowest BCUT2D eigenvalue weighted by atomic mass is 10.1. The maximum absolute atomic E-state index is 10.9. The third-order valence-corrected chi connectivity index (χ3v) is 3.20. The second-order valence-corrected chi connectivity index (χ2v) is 4.32. The van der Waals surface area contributed by atoms with Gasteiger partial charge in [-0.1, -0.05) is 12.1 Å². The first-order valence-corrected chi connectivity index (χ1v) is 5.87. The Kier molecular flexibility index (Phi) is 3.39. The molecule has 0 amide bonds. The van der Waals surface area contributed by atoms with Crippen LogP contribution in [0.3, 0.4) is 0 Å². The number of benzene rings is 1. The molecular weight excluding hydrogens is 238 g/mol. The van der Waals surface area contributed by atoms with Gasteiger partial charge in [0.25, 0.3) is 0 Å². The molecule has 1 aromatic heterocycles. The highest BCUT2D eigenvalue weighted by Gasteiger charge is 2.13. The zero-order valence-corrected chi connectivity index (χ0v) is 10.0. The minimum Gasteiger partial charge on any atom is -0.497 e. The summed E-state index contributed by atoms with van der Waals surface area (Å²) in [5.41, 5.74) is 3.13. The molecule has 1 N–H and O–H groups in total. The summed E-state index contributed by atoms with van der Waals surface area (Å²) in [6, 6.07) is 7.53. The zero-order chi connectivity index (χ0) is 12.3. The van der Waals surface area contributed by atoms with Gasteiger partial charge in [-0.2, -0.15) is 0 Å². The number of carboxylic acids is 1. The number of aromatic carboxylic acids is 1. The molecule has 0 saturated heterocycles. The van der Waals surface area contributed by atoms with Crippen LogP contribution in [0.1, 0.15) is 20.9 Å². The molecule has 0 radical (unpaired) electrons. The van der Waals surface area contributed by atoms with Crippen LogP contribution in [0, 0.1) is 0 Å². The van der Waals surface area contributed by atoms with E-state index < -0.39 is 5.97 Å². The Balaban J connectivity index is 2.25. The summed E-state index contributed by atoms with van der Waals surface area (Å²) in [7, 11) is 1.60. The summed E-state index contributed by atoms with van der Waals surface area (Å²) < 4.78 is 5.12. The minimum atomic E-state index is -0.926. The van der Waals surface area contributed by atoms with E-state index in [1.807, 2.05) is 24.3 Å². The first-order chi connectivity index (χ1) is 8.20. The first kappa shape index (κ1) is 11.6. The second-order valence-electron chi connectivity index (χ2n) is 3.46. The second kappa shape index (κ2) is 4.97. The average molecular weight is 249 g/mol. The van der Waals surface area contributed by atoms with Crippen molar-refractivity contribution >= 4 is 17.3 Å². The van der Waals surface area contributed by atoms with Gasteiger partial charge in [-0.3, -0.25) is 0 Å². The normalized spacial score (nSPS) is 10.2. The third-order valence-electron chi connectivity index (χ3n) is 2.34. The molecular formula is C12H11NO3S. The molecule has 2 rings (SSSR count). The van der Waals surface area contributed by atoms with Crippen LogP contribution in [0.5, 0.6) is 5.75 Å². The van der Waals surface area contributed by atoms with E-state index in [-0.39, 0.29) is 0 Å². The average Bonchev–Trinajstić information content (AvgIpc) is 2.77. The lowest BCUT2D eigenvalue weighted by molar-refractivity contribution is 0.0701. The number of carboxylic acid groups (broad SMARTS) is 1. The molecule has 5 heteroatoms. The molecule has 0 unspecified atom stereocenters. The minimum absolute atomic E-state index is 0.299. The van der Waals surface area contributed by atoms with Crippen LogP contribution in [0.2, 0.25) is 0 Å². The molecule has 0 saturated carbocycles.